The van der Waals surface area contributed by atoms with Crippen molar-refractivity contribution in [2.24, 2.45) is 5.73 Å². The van der Waals surface area contributed by atoms with E-state index in [1.54, 1.807) is 13.8 Å². The van der Waals surface area contributed by atoms with Gasteiger partial charge in [0.15, 0.2) is 0 Å². The summed E-state index contributed by atoms with van der Waals surface area (Å²) in [6.07, 6.45) is 0.248. The van der Waals surface area contributed by atoms with Gasteiger partial charge in [-0.3, -0.25) is 0 Å². The predicted octanol–water partition coefficient (Wildman–Crippen LogP) is 0.293. The van der Waals surface area contributed by atoms with Crippen molar-refractivity contribution in [1.29, 1.82) is 0 Å². The number of ether oxygens (including phenoxy) is 1. The van der Waals surface area contributed by atoms with E-state index in [1.165, 1.54) is 0 Å². The normalized spacial score (nSPS) is 12.8. The topological polar surface area (TPSA) is 114 Å². The SMILES string of the molecule is CCNCCCC(NC(=O)OC(C)(C)CN)C(=O)O. The van der Waals surface area contributed by atoms with Crippen molar-refractivity contribution in [1.82, 2.24) is 10.6 Å². The molecule has 0 saturated heterocycles. The second kappa shape index (κ2) is 8.71. The number of hydrogen-bond donors (Lipinski definition) is 4. The van der Waals surface area contributed by atoms with Crippen LogP contribution in [0, 0.1) is 0 Å². The molecule has 0 bridgehead atoms. The van der Waals surface area contributed by atoms with E-state index in [1.807, 2.05) is 6.92 Å². The summed E-state index contributed by atoms with van der Waals surface area (Å²) in [5.74, 6) is -1.07. The van der Waals surface area contributed by atoms with Crippen LogP contribution in [-0.2, 0) is 9.53 Å². The second-order valence-electron chi connectivity index (χ2n) is 4.88. The van der Waals surface area contributed by atoms with Gasteiger partial charge in [-0.25, -0.2) is 9.59 Å². The van der Waals surface area contributed by atoms with Gasteiger partial charge in [0.1, 0.15) is 11.6 Å². The highest BCUT2D eigenvalue weighted by Crippen LogP contribution is 2.07. The summed E-state index contributed by atoms with van der Waals surface area (Å²) < 4.78 is 5.04. The molecule has 0 saturated carbocycles. The monoisotopic (exact) mass is 275 g/mol. The molecule has 0 spiro atoms. The molecule has 0 aromatic heterocycles. The van der Waals surface area contributed by atoms with Gasteiger partial charge in [-0.2, -0.15) is 0 Å². The van der Waals surface area contributed by atoms with E-state index in [0.717, 1.165) is 6.54 Å². The Bertz CT molecular complexity index is 295. The lowest BCUT2D eigenvalue weighted by Crippen LogP contribution is -2.46. The molecule has 0 aliphatic carbocycles. The smallest absolute Gasteiger partial charge is 0.408 e. The van der Waals surface area contributed by atoms with Crippen LogP contribution in [0.25, 0.3) is 0 Å². The number of carbonyl (C=O) groups excluding carboxylic acids is 1. The van der Waals surface area contributed by atoms with Crippen LogP contribution in [0.15, 0.2) is 0 Å². The van der Waals surface area contributed by atoms with Crippen molar-refractivity contribution in [2.75, 3.05) is 19.6 Å². The third-order valence-electron chi connectivity index (χ3n) is 2.55. The first-order chi connectivity index (χ1) is 8.82. The van der Waals surface area contributed by atoms with Crippen LogP contribution in [0.4, 0.5) is 4.79 Å². The van der Waals surface area contributed by atoms with Gasteiger partial charge in [0, 0.05) is 6.54 Å². The molecule has 7 nitrogen and oxygen atoms in total. The summed E-state index contributed by atoms with van der Waals surface area (Å²) in [6, 6.07) is -0.945. The fourth-order valence-corrected chi connectivity index (χ4v) is 1.33. The Morgan fingerprint density at radius 1 is 1.42 bits per heavy atom. The molecule has 1 atom stereocenters. The molecule has 1 unspecified atom stereocenters. The van der Waals surface area contributed by atoms with E-state index in [4.69, 9.17) is 15.6 Å². The number of nitrogens with one attached hydrogen (secondary N) is 2. The van der Waals surface area contributed by atoms with E-state index >= 15 is 0 Å². The average Bonchev–Trinajstić information content (AvgIpc) is 2.32. The largest absolute Gasteiger partial charge is 0.480 e. The number of nitrogens with two attached hydrogens (primary N) is 1. The number of hydrogen-bond acceptors (Lipinski definition) is 5. The molecule has 1 amide bonds. The lowest BCUT2D eigenvalue weighted by Gasteiger charge is -2.24. The van der Waals surface area contributed by atoms with Crippen molar-refractivity contribution >= 4 is 12.1 Å². The fraction of sp³-hybridized carbons (Fsp3) is 0.833. The Morgan fingerprint density at radius 3 is 2.53 bits per heavy atom. The highest BCUT2D eigenvalue weighted by Gasteiger charge is 2.25. The third kappa shape index (κ3) is 8.39. The first-order valence-electron chi connectivity index (χ1n) is 6.45. The molecule has 19 heavy (non-hydrogen) atoms. The van der Waals surface area contributed by atoms with Crippen LogP contribution in [0.1, 0.15) is 33.6 Å². The number of aliphatic carboxylic acids is 1. The Kier molecular flexibility index (Phi) is 8.09. The Hall–Kier alpha value is -1.34. The second-order valence-corrected chi connectivity index (χ2v) is 4.88. The molecule has 0 aliphatic heterocycles. The van der Waals surface area contributed by atoms with Crippen LogP contribution in [0.3, 0.4) is 0 Å². The van der Waals surface area contributed by atoms with E-state index in [-0.39, 0.29) is 6.54 Å². The van der Waals surface area contributed by atoms with Crippen molar-refractivity contribution < 1.29 is 19.4 Å². The maximum Gasteiger partial charge on any atom is 0.408 e. The molecule has 0 heterocycles. The molecular weight excluding hydrogens is 250 g/mol. The lowest BCUT2D eigenvalue weighted by atomic mass is 10.1. The zero-order valence-electron chi connectivity index (χ0n) is 11.9. The molecule has 0 fully saturated rings. The summed E-state index contributed by atoms with van der Waals surface area (Å²) in [5.41, 5.74) is 4.62. The zero-order chi connectivity index (χ0) is 14.9. The van der Waals surface area contributed by atoms with Gasteiger partial charge < -0.3 is 26.2 Å². The molecule has 0 radical (unpaired) electrons. The van der Waals surface area contributed by atoms with Crippen molar-refractivity contribution in [3.8, 4) is 0 Å². The van der Waals surface area contributed by atoms with Crippen molar-refractivity contribution in [2.45, 2.75) is 45.3 Å². The number of alkyl carbamates (subject to hydrolysis) is 1. The van der Waals surface area contributed by atoms with Crippen LogP contribution in [0.5, 0.6) is 0 Å². The van der Waals surface area contributed by atoms with Gasteiger partial charge in [0.2, 0.25) is 0 Å². The molecule has 0 aliphatic rings. The quantitative estimate of drug-likeness (QED) is 0.450. The summed E-state index contributed by atoms with van der Waals surface area (Å²) in [6.45, 7) is 7.00. The minimum Gasteiger partial charge on any atom is -0.480 e. The maximum absolute atomic E-state index is 11.6. The van der Waals surface area contributed by atoms with E-state index in [2.05, 4.69) is 10.6 Å². The molecule has 5 N–H and O–H groups in total. The number of carboxylic acid groups (broad SMARTS) is 1. The molecule has 0 aromatic carbocycles. The van der Waals surface area contributed by atoms with Gasteiger partial charge in [0.25, 0.3) is 0 Å². The number of carboxylic acids is 1. The van der Waals surface area contributed by atoms with Crippen molar-refractivity contribution in [3.05, 3.63) is 0 Å². The fourth-order valence-electron chi connectivity index (χ4n) is 1.33. The van der Waals surface area contributed by atoms with Gasteiger partial charge in [0.05, 0.1) is 0 Å². The van der Waals surface area contributed by atoms with Crippen LogP contribution < -0.4 is 16.4 Å². The molecule has 112 valence electrons. The Balaban J connectivity index is 4.19. The number of rotatable bonds is 9. The zero-order valence-corrected chi connectivity index (χ0v) is 11.9. The standard InChI is InChI=1S/C12H25N3O4/c1-4-14-7-5-6-9(10(16)17)15-11(18)19-12(2,3)8-13/h9,14H,4-8,13H2,1-3H3,(H,15,18)(H,16,17). The van der Waals surface area contributed by atoms with Gasteiger partial charge in [-0.15, -0.1) is 0 Å². The lowest BCUT2D eigenvalue weighted by molar-refractivity contribution is -0.139. The highest BCUT2D eigenvalue weighted by molar-refractivity contribution is 5.79. The third-order valence-corrected chi connectivity index (χ3v) is 2.55. The molecular formula is C12H25N3O4. The van der Waals surface area contributed by atoms with E-state index in [9.17, 15) is 9.59 Å². The Morgan fingerprint density at radius 2 is 2.05 bits per heavy atom. The highest BCUT2D eigenvalue weighted by atomic mass is 16.6. The summed E-state index contributed by atoms with van der Waals surface area (Å²) >= 11 is 0. The van der Waals surface area contributed by atoms with Gasteiger partial charge in [-0.1, -0.05) is 6.92 Å². The van der Waals surface area contributed by atoms with E-state index < -0.39 is 23.7 Å². The summed E-state index contributed by atoms with van der Waals surface area (Å²) in [7, 11) is 0. The first-order valence-corrected chi connectivity index (χ1v) is 6.45. The number of carbonyl (C=O) groups is 2. The molecule has 0 aromatic rings. The van der Waals surface area contributed by atoms with Crippen LogP contribution in [0.2, 0.25) is 0 Å². The average molecular weight is 275 g/mol. The van der Waals surface area contributed by atoms with E-state index in [0.29, 0.717) is 19.4 Å². The van der Waals surface area contributed by atoms with Gasteiger partial charge in [-0.05, 0) is 39.8 Å². The predicted molar refractivity (Wildman–Crippen MR) is 72.0 cm³/mol. The minimum absolute atomic E-state index is 0.165. The van der Waals surface area contributed by atoms with Gasteiger partial charge >= 0.3 is 12.1 Å². The van der Waals surface area contributed by atoms with Crippen molar-refractivity contribution in [3.63, 3.8) is 0 Å². The minimum atomic E-state index is -1.07. The number of amides is 1. The maximum atomic E-state index is 11.6. The summed E-state index contributed by atoms with van der Waals surface area (Å²) in [5, 5.41) is 14.4. The molecule has 0 rings (SSSR count). The van der Waals surface area contributed by atoms with Crippen LogP contribution in [-0.4, -0.2) is 48.4 Å². The Labute approximate surface area is 113 Å². The summed E-state index contributed by atoms with van der Waals surface area (Å²) in [4.78, 5) is 22.6. The van der Waals surface area contributed by atoms with Crippen LogP contribution >= 0.6 is 0 Å². The molecule has 7 heteroatoms. The first kappa shape index (κ1) is 17.7.